The molecule has 0 amide bonds. The molecule has 2 saturated heterocycles. The van der Waals surface area contributed by atoms with Gasteiger partial charge in [-0.15, -0.1) is 24.8 Å². The minimum atomic E-state index is -4.36. The SMILES string of the molecule is Cl.Cl.FC(F)(F)c1ccc(Cl)c([C@@H](C2CCOCC2)N2CCNCC2)c1. The zero-order valence-corrected chi connectivity index (χ0v) is 16.6. The Morgan fingerprint density at radius 2 is 1.73 bits per heavy atom. The van der Waals surface area contributed by atoms with Crippen LogP contribution in [0.3, 0.4) is 0 Å². The summed E-state index contributed by atoms with van der Waals surface area (Å²) in [5.74, 6) is 0.262. The van der Waals surface area contributed by atoms with Crippen LogP contribution in [0.1, 0.15) is 30.0 Å². The van der Waals surface area contributed by atoms with E-state index in [9.17, 15) is 13.2 Å². The van der Waals surface area contributed by atoms with Gasteiger partial charge in [0.2, 0.25) is 0 Å². The van der Waals surface area contributed by atoms with Gasteiger partial charge in [-0.2, -0.15) is 13.2 Å². The Hall–Kier alpha value is -0.240. The molecule has 0 radical (unpaired) electrons. The third-order valence-electron chi connectivity index (χ3n) is 4.90. The molecule has 3 nitrogen and oxygen atoms in total. The zero-order chi connectivity index (χ0) is 17.2. The third-order valence-corrected chi connectivity index (χ3v) is 5.24. The third kappa shape index (κ3) is 5.63. The number of nitrogens with zero attached hydrogens (tertiary/aromatic N) is 1. The quantitative estimate of drug-likeness (QED) is 0.752. The number of benzene rings is 1. The predicted octanol–water partition coefficient (Wildman–Crippen LogP) is 4.58. The van der Waals surface area contributed by atoms with Crippen molar-refractivity contribution in [3.63, 3.8) is 0 Å². The molecule has 1 atom stereocenters. The van der Waals surface area contributed by atoms with Gasteiger partial charge in [-0.3, -0.25) is 4.90 Å². The number of alkyl halides is 3. The van der Waals surface area contributed by atoms with E-state index in [0.29, 0.717) is 23.8 Å². The number of nitrogens with one attached hydrogen (secondary N) is 1. The van der Waals surface area contributed by atoms with E-state index in [4.69, 9.17) is 16.3 Å². The van der Waals surface area contributed by atoms with E-state index in [1.54, 1.807) is 0 Å². The van der Waals surface area contributed by atoms with Crippen LogP contribution in [0, 0.1) is 5.92 Å². The van der Waals surface area contributed by atoms with E-state index in [1.165, 1.54) is 12.1 Å². The minimum absolute atomic E-state index is 0. The lowest BCUT2D eigenvalue weighted by Gasteiger charge is -2.41. The molecular formula is C17H24Cl3F3N2O. The molecule has 2 heterocycles. The molecule has 9 heteroatoms. The Kier molecular flexibility index (Phi) is 9.47. The summed E-state index contributed by atoms with van der Waals surface area (Å²) in [4.78, 5) is 2.27. The van der Waals surface area contributed by atoms with Crippen LogP contribution >= 0.6 is 36.4 Å². The van der Waals surface area contributed by atoms with Crippen molar-refractivity contribution < 1.29 is 17.9 Å². The molecule has 0 bridgehead atoms. The number of ether oxygens (including phenoxy) is 1. The molecule has 1 aromatic carbocycles. The Labute approximate surface area is 169 Å². The molecule has 2 aliphatic heterocycles. The number of hydrogen-bond acceptors (Lipinski definition) is 3. The van der Waals surface area contributed by atoms with Crippen LogP contribution in [0.2, 0.25) is 5.02 Å². The molecule has 0 aliphatic carbocycles. The fraction of sp³-hybridized carbons (Fsp3) is 0.647. The highest BCUT2D eigenvalue weighted by Gasteiger charge is 2.36. The second-order valence-corrected chi connectivity index (χ2v) is 6.82. The van der Waals surface area contributed by atoms with Gasteiger partial charge in [0.25, 0.3) is 0 Å². The lowest BCUT2D eigenvalue weighted by molar-refractivity contribution is -0.137. The summed E-state index contributed by atoms with van der Waals surface area (Å²) >= 11 is 6.34. The average molecular weight is 436 g/mol. The van der Waals surface area contributed by atoms with Gasteiger partial charge < -0.3 is 10.1 Å². The molecule has 1 aromatic rings. The maximum Gasteiger partial charge on any atom is 0.416 e. The van der Waals surface area contributed by atoms with Gasteiger partial charge in [-0.25, -0.2) is 0 Å². The topological polar surface area (TPSA) is 24.5 Å². The van der Waals surface area contributed by atoms with Gasteiger partial charge in [0.1, 0.15) is 0 Å². The molecule has 3 rings (SSSR count). The molecule has 1 N–H and O–H groups in total. The lowest BCUT2D eigenvalue weighted by Crippen LogP contribution is -2.47. The zero-order valence-electron chi connectivity index (χ0n) is 14.2. The smallest absolute Gasteiger partial charge is 0.381 e. The molecule has 26 heavy (non-hydrogen) atoms. The Balaban J connectivity index is 0.00000169. The van der Waals surface area contributed by atoms with Gasteiger partial charge >= 0.3 is 6.18 Å². The highest BCUT2D eigenvalue weighted by molar-refractivity contribution is 6.31. The molecule has 0 spiro atoms. The molecule has 0 unspecified atom stereocenters. The van der Waals surface area contributed by atoms with Crippen molar-refractivity contribution in [3.05, 3.63) is 34.3 Å². The Bertz CT molecular complexity index is 545. The monoisotopic (exact) mass is 434 g/mol. The van der Waals surface area contributed by atoms with Gasteiger partial charge in [-0.1, -0.05) is 11.6 Å². The summed E-state index contributed by atoms with van der Waals surface area (Å²) in [6.45, 7) is 4.63. The van der Waals surface area contributed by atoms with Crippen LogP contribution < -0.4 is 5.32 Å². The number of halogens is 6. The van der Waals surface area contributed by atoms with E-state index in [1.807, 2.05) is 0 Å². The molecule has 0 aromatic heterocycles. The highest BCUT2D eigenvalue weighted by Crippen LogP contribution is 2.41. The maximum absolute atomic E-state index is 13.2. The Morgan fingerprint density at radius 1 is 1.12 bits per heavy atom. The van der Waals surface area contributed by atoms with Gasteiger partial charge in [0.05, 0.1) is 5.56 Å². The van der Waals surface area contributed by atoms with Crippen molar-refractivity contribution in [1.29, 1.82) is 0 Å². The second kappa shape index (κ2) is 10.3. The molecular weight excluding hydrogens is 412 g/mol. The largest absolute Gasteiger partial charge is 0.416 e. The summed E-state index contributed by atoms with van der Waals surface area (Å²) in [7, 11) is 0. The van der Waals surface area contributed by atoms with Crippen molar-refractivity contribution in [3.8, 4) is 0 Å². The summed E-state index contributed by atoms with van der Waals surface area (Å²) in [5, 5.41) is 3.71. The standard InChI is InChI=1S/C17H22ClF3N2O.2ClH/c18-15-2-1-13(17(19,20)21)11-14(15)16(12-3-9-24-10-4-12)23-7-5-22-6-8-23;;/h1-2,11-12,16,22H,3-10H2;2*1H/t16-;;/m1../s1. The second-order valence-electron chi connectivity index (χ2n) is 6.41. The highest BCUT2D eigenvalue weighted by atomic mass is 35.5. The fourth-order valence-electron chi connectivity index (χ4n) is 3.69. The van der Waals surface area contributed by atoms with Crippen molar-refractivity contribution in [2.75, 3.05) is 39.4 Å². The fourth-order valence-corrected chi connectivity index (χ4v) is 3.92. The van der Waals surface area contributed by atoms with Crippen LogP contribution in [0.25, 0.3) is 0 Å². The first-order valence-electron chi connectivity index (χ1n) is 8.36. The molecule has 0 saturated carbocycles. The minimum Gasteiger partial charge on any atom is -0.381 e. The van der Waals surface area contributed by atoms with E-state index >= 15 is 0 Å². The molecule has 2 fully saturated rings. The summed E-state index contributed by atoms with van der Waals surface area (Å²) in [6.07, 6.45) is -2.66. The number of hydrogen-bond donors (Lipinski definition) is 1. The summed E-state index contributed by atoms with van der Waals surface area (Å²) in [5.41, 5.74) is -0.0330. The first-order valence-corrected chi connectivity index (χ1v) is 8.74. The summed E-state index contributed by atoms with van der Waals surface area (Å²) < 4.78 is 44.9. The van der Waals surface area contributed by atoms with Crippen LogP contribution in [0.15, 0.2) is 18.2 Å². The number of rotatable bonds is 3. The first-order chi connectivity index (χ1) is 11.5. The lowest BCUT2D eigenvalue weighted by atomic mass is 9.85. The van der Waals surface area contributed by atoms with E-state index in [-0.39, 0.29) is 36.8 Å². The normalized spacial score (nSPS) is 20.8. The summed E-state index contributed by atoms with van der Waals surface area (Å²) in [6, 6.07) is 3.59. The van der Waals surface area contributed by atoms with Crippen LogP contribution in [0.5, 0.6) is 0 Å². The number of piperazine rings is 1. The predicted molar refractivity (Wildman–Crippen MR) is 102 cm³/mol. The first kappa shape index (κ1) is 23.8. The Morgan fingerprint density at radius 3 is 2.31 bits per heavy atom. The molecule has 150 valence electrons. The van der Waals surface area contributed by atoms with Gasteiger partial charge in [0.15, 0.2) is 0 Å². The van der Waals surface area contributed by atoms with Crippen LogP contribution in [-0.2, 0) is 10.9 Å². The molecule has 2 aliphatic rings. The van der Waals surface area contributed by atoms with Gasteiger partial charge in [0, 0.05) is 50.5 Å². The van der Waals surface area contributed by atoms with E-state index in [2.05, 4.69) is 10.2 Å². The maximum atomic E-state index is 13.2. The van der Waals surface area contributed by atoms with Crippen molar-refractivity contribution >= 4 is 36.4 Å². The van der Waals surface area contributed by atoms with Crippen molar-refractivity contribution in [2.24, 2.45) is 5.92 Å². The van der Waals surface area contributed by atoms with Crippen molar-refractivity contribution in [1.82, 2.24) is 10.2 Å². The average Bonchev–Trinajstić information content (AvgIpc) is 2.58. The van der Waals surface area contributed by atoms with Gasteiger partial charge in [-0.05, 0) is 42.5 Å². The van der Waals surface area contributed by atoms with Crippen LogP contribution in [0.4, 0.5) is 13.2 Å². The van der Waals surface area contributed by atoms with E-state index in [0.717, 1.165) is 45.1 Å². The van der Waals surface area contributed by atoms with Crippen LogP contribution in [-0.4, -0.2) is 44.3 Å². The van der Waals surface area contributed by atoms with E-state index < -0.39 is 11.7 Å². The van der Waals surface area contributed by atoms with Crippen molar-refractivity contribution in [2.45, 2.75) is 25.1 Å².